The minimum Gasteiger partial charge on any atom is -0.481 e. The summed E-state index contributed by atoms with van der Waals surface area (Å²) in [6.07, 6.45) is 2.90. The van der Waals surface area contributed by atoms with Gasteiger partial charge in [0.25, 0.3) is 0 Å². The van der Waals surface area contributed by atoms with Crippen LogP contribution in [0, 0.1) is 0 Å². The molecule has 22 heavy (non-hydrogen) atoms. The molecule has 1 rings (SSSR count). The average molecular weight is 314 g/mol. The van der Waals surface area contributed by atoms with E-state index < -0.39 is 5.97 Å². The molecule has 0 radical (unpaired) electrons. The molecule has 128 valence electrons. The van der Waals surface area contributed by atoms with Gasteiger partial charge in [-0.05, 0) is 33.5 Å². The highest BCUT2D eigenvalue weighted by Crippen LogP contribution is 2.16. The van der Waals surface area contributed by atoms with Gasteiger partial charge >= 0.3 is 5.97 Å². The first-order valence-electron chi connectivity index (χ1n) is 8.07. The number of amides is 1. The molecule has 7 heteroatoms. The van der Waals surface area contributed by atoms with Crippen LogP contribution in [0.25, 0.3) is 0 Å². The van der Waals surface area contributed by atoms with Crippen LogP contribution in [0.5, 0.6) is 0 Å². The number of carboxylic acids is 1. The molecule has 1 unspecified atom stereocenters. The second-order valence-electron chi connectivity index (χ2n) is 6.09. The van der Waals surface area contributed by atoms with Gasteiger partial charge in [-0.3, -0.25) is 14.5 Å². The van der Waals surface area contributed by atoms with E-state index in [9.17, 15) is 9.59 Å². The van der Waals surface area contributed by atoms with Crippen molar-refractivity contribution >= 4 is 11.9 Å². The molecule has 1 atom stereocenters. The average Bonchev–Trinajstić information content (AvgIpc) is 2.84. The van der Waals surface area contributed by atoms with E-state index in [1.165, 1.54) is 12.8 Å². The summed E-state index contributed by atoms with van der Waals surface area (Å²) in [6.45, 7) is 4.99. The summed E-state index contributed by atoms with van der Waals surface area (Å²) in [5.74, 6) is -0.989. The molecule has 3 N–H and O–H groups in total. The Balaban J connectivity index is 2.02. The molecule has 1 saturated heterocycles. The topological polar surface area (TPSA) is 84.9 Å². The van der Waals surface area contributed by atoms with Gasteiger partial charge in [0.05, 0.1) is 6.42 Å². The monoisotopic (exact) mass is 314 g/mol. The second-order valence-corrected chi connectivity index (χ2v) is 6.09. The van der Waals surface area contributed by atoms with Gasteiger partial charge in [0.2, 0.25) is 5.91 Å². The summed E-state index contributed by atoms with van der Waals surface area (Å²) < 4.78 is 0. The summed E-state index contributed by atoms with van der Waals surface area (Å²) >= 11 is 0. The highest BCUT2D eigenvalue weighted by molar-refractivity contribution is 5.76. The molecule has 1 aliphatic heterocycles. The molecule has 7 nitrogen and oxygen atoms in total. The Morgan fingerprint density at radius 3 is 2.68 bits per heavy atom. The number of likely N-dealkylation sites (tertiary alicyclic amines) is 1. The third-order valence-corrected chi connectivity index (χ3v) is 3.84. The first kappa shape index (κ1) is 18.9. The molecular formula is C15H30N4O3. The summed E-state index contributed by atoms with van der Waals surface area (Å²) in [6, 6.07) is 0.649. The number of carboxylic acid groups (broad SMARTS) is 1. The lowest BCUT2D eigenvalue weighted by Crippen LogP contribution is -2.41. The van der Waals surface area contributed by atoms with E-state index in [1.807, 2.05) is 0 Å². The molecule has 0 aliphatic carbocycles. The van der Waals surface area contributed by atoms with E-state index in [0.29, 0.717) is 19.0 Å². The smallest absolute Gasteiger partial charge is 0.305 e. The fourth-order valence-electron chi connectivity index (χ4n) is 2.76. The van der Waals surface area contributed by atoms with Crippen molar-refractivity contribution in [2.45, 2.75) is 31.7 Å². The summed E-state index contributed by atoms with van der Waals surface area (Å²) in [7, 11) is 4.22. The van der Waals surface area contributed by atoms with Crippen LogP contribution in [0.3, 0.4) is 0 Å². The van der Waals surface area contributed by atoms with Crippen molar-refractivity contribution in [1.29, 1.82) is 0 Å². The third-order valence-electron chi connectivity index (χ3n) is 3.84. The van der Waals surface area contributed by atoms with Crippen LogP contribution in [-0.2, 0) is 9.59 Å². The highest BCUT2D eigenvalue weighted by atomic mass is 16.4. The van der Waals surface area contributed by atoms with Gasteiger partial charge in [0.1, 0.15) is 0 Å². The van der Waals surface area contributed by atoms with E-state index in [-0.39, 0.29) is 18.9 Å². The van der Waals surface area contributed by atoms with E-state index in [4.69, 9.17) is 5.11 Å². The Bertz CT molecular complexity index is 350. The molecule has 0 bridgehead atoms. The predicted octanol–water partition coefficient (Wildman–Crippen LogP) is -0.417. The first-order chi connectivity index (χ1) is 10.5. The highest BCUT2D eigenvalue weighted by Gasteiger charge is 2.23. The van der Waals surface area contributed by atoms with E-state index in [0.717, 1.165) is 26.2 Å². The maximum absolute atomic E-state index is 11.5. The molecule has 1 heterocycles. The summed E-state index contributed by atoms with van der Waals surface area (Å²) in [5.41, 5.74) is 0. The normalized spacial score (nSPS) is 18.8. The first-order valence-corrected chi connectivity index (χ1v) is 8.07. The molecule has 1 fully saturated rings. The van der Waals surface area contributed by atoms with Gasteiger partial charge < -0.3 is 20.6 Å². The van der Waals surface area contributed by atoms with Crippen molar-refractivity contribution in [3.05, 3.63) is 0 Å². The fraction of sp³-hybridized carbons (Fsp3) is 0.867. The fourth-order valence-corrected chi connectivity index (χ4v) is 2.76. The maximum atomic E-state index is 11.5. The van der Waals surface area contributed by atoms with Crippen LogP contribution in [0.2, 0.25) is 0 Å². The lowest BCUT2D eigenvalue weighted by molar-refractivity contribution is -0.136. The third kappa shape index (κ3) is 8.31. The van der Waals surface area contributed by atoms with Gasteiger partial charge in [-0.1, -0.05) is 0 Å². The zero-order chi connectivity index (χ0) is 16.4. The quantitative estimate of drug-likeness (QED) is 0.449. The molecule has 0 aromatic heterocycles. The van der Waals surface area contributed by atoms with Crippen molar-refractivity contribution in [2.24, 2.45) is 0 Å². The van der Waals surface area contributed by atoms with Gasteiger partial charge in [-0.25, -0.2) is 0 Å². The number of carbonyl (C=O) groups excluding carboxylic acids is 1. The maximum Gasteiger partial charge on any atom is 0.305 e. The van der Waals surface area contributed by atoms with Crippen LogP contribution in [0.1, 0.15) is 25.7 Å². The number of rotatable bonds is 11. The standard InChI is InChI=1S/C15H30N4O3/c1-18(2)12-13-4-3-10-19(13)11-9-16-7-5-14(20)17-8-6-15(21)22/h13,16H,3-12H2,1-2H3,(H,17,20)(H,21,22). The number of hydrogen-bond donors (Lipinski definition) is 3. The van der Waals surface area contributed by atoms with Gasteiger partial charge in [-0.15, -0.1) is 0 Å². The lowest BCUT2D eigenvalue weighted by Gasteiger charge is -2.27. The molecule has 0 saturated carbocycles. The lowest BCUT2D eigenvalue weighted by atomic mass is 10.2. The number of hydrogen-bond acceptors (Lipinski definition) is 5. The summed E-state index contributed by atoms with van der Waals surface area (Å²) in [5, 5.41) is 14.4. The van der Waals surface area contributed by atoms with Crippen molar-refractivity contribution in [3.8, 4) is 0 Å². The zero-order valence-corrected chi connectivity index (χ0v) is 13.8. The Hall–Kier alpha value is -1.18. The number of carbonyl (C=O) groups is 2. The molecule has 0 spiro atoms. The van der Waals surface area contributed by atoms with Crippen molar-refractivity contribution in [3.63, 3.8) is 0 Å². The van der Waals surface area contributed by atoms with Crippen LogP contribution in [0.4, 0.5) is 0 Å². The Labute approximate surface area is 133 Å². The van der Waals surface area contributed by atoms with Crippen LogP contribution in [0.15, 0.2) is 0 Å². The van der Waals surface area contributed by atoms with Gasteiger partial charge in [0.15, 0.2) is 0 Å². The van der Waals surface area contributed by atoms with E-state index in [1.54, 1.807) is 0 Å². The minimum atomic E-state index is -0.892. The largest absolute Gasteiger partial charge is 0.481 e. The number of nitrogens with one attached hydrogen (secondary N) is 2. The van der Waals surface area contributed by atoms with Gasteiger partial charge in [0, 0.05) is 45.2 Å². The molecule has 1 aliphatic rings. The Morgan fingerprint density at radius 2 is 2.00 bits per heavy atom. The Morgan fingerprint density at radius 1 is 1.23 bits per heavy atom. The zero-order valence-electron chi connectivity index (χ0n) is 13.8. The number of likely N-dealkylation sites (N-methyl/N-ethyl adjacent to an activating group) is 1. The van der Waals surface area contributed by atoms with Crippen LogP contribution >= 0.6 is 0 Å². The molecular weight excluding hydrogens is 284 g/mol. The molecule has 1 amide bonds. The second kappa shape index (κ2) is 10.5. The minimum absolute atomic E-state index is 0.0264. The van der Waals surface area contributed by atoms with Crippen LogP contribution in [-0.4, -0.2) is 86.2 Å². The van der Waals surface area contributed by atoms with Crippen molar-refractivity contribution in [2.75, 3.05) is 53.4 Å². The van der Waals surface area contributed by atoms with Gasteiger partial charge in [-0.2, -0.15) is 0 Å². The number of nitrogens with zero attached hydrogens (tertiary/aromatic N) is 2. The predicted molar refractivity (Wildman–Crippen MR) is 85.9 cm³/mol. The summed E-state index contributed by atoms with van der Waals surface area (Å²) in [4.78, 5) is 26.5. The SMILES string of the molecule is CN(C)CC1CCCN1CCNCCC(=O)NCCC(=O)O. The van der Waals surface area contributed by atoms with Crippen molar-refractivity contribution in [1.82, 2.24) is 20.4 Å². The molecule has 0 aromatic carbocycles. The van der Waals surface area contributed by atoms with Crippen LogP contribution < -0.4 is 10.6 Å². The van der Waals surface area contributed by atoms with E-state index in [2.05, 4.69) is 34.5 Å². The van der Waals surface area contributed by atoms with E-state index >= 15 is 0 Å². The molecule has 0 aromatic rings. The number of aliphatic carboxylic acids is 1. The van der Waals surface area contributed by atoms with Crippen molar-refractivity contribution < 1.29 is 14.7 Å². The Kier molecular flexibility index (Phi) is 9.03.